The fraction of sp³-hybridized carbons (Fsp3) is 1.00. The van der Waals surface area contributed by atoms with E-state index in [1.807, 2.05) is 0 Å². The maximum atomic E-state index is 5.43. The van der Waals surface area contributed by atoms with Gasteiger partial charge >= 0.3 is 0 Å². The normalized spacial score (nSPS) is 10.9. The summed E-state index contributed by atoms with van der Waals surface area (Å²) in [5.41, 5.74) is 0. The lowest BCUT2D eigenvalue weighted by Crippen LogP contribution is -2.19. The standard InChI is InChI=1S/C15H33NO/c1-3-5-7-8-9-10-11-12-13-16-15-17-14-6-4-2/h16H,3-15H2,1-2H3. The molecule has 1 N–H and O–H groups in total. The zero-order valence-electron chi connectivity index (χ0n) is 12.1. The lowest BCUT2D eigenvalue weighted by atomic mass is 10.1. The van der Waals surface area contributed by atoms with Crippen molar-refractivity contribution in [1.82, 2.24) is 5.32 Å². The maximum absolute atomic E-state index is 5.43. The van der Waals surface area contributed by atoms with Gasteiger partial charge < -0.3 is 4.74 Å². The molecule has 2 heteroatoms. The molecule has 0 atom stereocenters. The molecule has 17 heavy (non-hydrogen) atoms. The molecule has 0 fully saturated rings. The minimum Gasteiger partial charge on any atom is -0.366 e. The molecule has 0 aromatic carbocycles. The number of hydrogen-bond acceptors (Lipinski definition) is 2. The predicted molar refractivity (Wildman–Crippen MR) is 76.3 cm³/mol. The Morgan fingerprint density at radius 2 is 1.29 bits per heavy atom. The monoisotopic (exact) mass is 243 g/mol. The SMILES string of the molecule is CCCCCCCCCCNCOCCCC. The average molecular weight is 243 g/mol. The Labute approximate surface area is 109 Å². The van der Waals surface area contributed by atoms with Crippen molar-refractivity contribution in [2.45, 2.75) is 78.1 Å². The van der Waals surface area contributed by atoms with E-state index in [1.54, 1.807) is 0 Å². The van der Waals surface area contributed by atoms with Gasteiger partial charge in [-0.1, -0.05) is 65.2 Å². The fourth-order valence-corrected chi connectivity index (χ4v) is 1.85. The lowest BCUT2D eigenvalue weighted by Gasteiger charge is -2.05. The molecule has 0 saturated carbocycles. The number of hydrogen-bond donors (Lipinski definition) is 1. The van der Waals surface area contributed by atoms with E-state index in [0.717, 1.165) is 19.9 Å². The molecule has 0 heterocycles. The predicted octanol–water partition coefficient (Wildman–Crippen LogP) is 4.49. The van der Waals surface area contributed by atoms with Gasteiger partial charge in [0.25, 0.3) is 0 Å². The molecule has 0 aromatic rings. The summed E-state index contributed by atoms with van der Waals surface area (Å²) in [6, 6.07) is 0. The Hall–Kier alpha value is -0.0800. The molecule has 0 bridgehead atoms. The first kappa shape index (κ1) is 16.9. The first-order valence-electron chi connectivity index (χ1n) is 7.70. The van der Waals surface area contributed by atoms with Crippen LogP contribution in [0, 0.1) is 0 Å². The number of nitrogens with one attached hydrogen (secondary N) is 1. The second-order valence-corrected chi connectivity index (χ2v) is 4.88. The molecular formula is C15H33NO. The van der Waals surface area contributed by atoms with Crippen molar-refractivity contribution in [3.05, 3.63) is 0 Å². The fourth-order valence-electron chi connectivity index (χ4n) is 1.85. The Morgan fingerprint density at radius 3 is 1.94 bits per heavy atom. The highest BCUT2D eigenvalue weighted by Crippen LogP contribution is 2.07. The van der Waals surface area contributed by atoms with E-state index in [4.69, 9.17) is 4.74 Å². The van der Waals surface area contributed by atoms with Crippen molar-refractivity contribution in [2.75, 3.05) is 19.9 Å². The number of rotatable bonds is 14. The quantitative estimate of drug-likeness (QED) is 0.358. The first-order valence-corrected chi connectivity index (χ1v) is 7.70. The zero-order valence-corrected chi connectivity index (χ0v) is 12.1. The molecule has 0 aliphatic carbocycles. The van der Waals surface area contributed by atoms with Crippen molar-refractivity contribution >= 4 is 0 Å². The summed E-state index contributed by atoms with van der Waals surface area (Å²) in [4.78, 5) is 0. The molecule has 0 spiro atoms. The summed E-state index contributed by atoms with van der Waals surface area (Å²) >= 11 is 0. The Morgan fingerprint density at radius 1 is 0.706 bits per heavy atom. The maximum Gasteiger partial charge on any atom is 0.0965 e. The summed E-state index contributed by atoms with van der Waals surface area (Å²) in [5, 5.41) is 3.33. The van der Waals surface area contributed by atoms with Gasteiger partial charge in [0.05, 0.1) is 6.73 Å². The molecule has 0 unspecified atom stereocenters. The van der Waals surface area contributed by atoms with E-state index in [0.29, 0.717) is 0 Å². The van der Waals surface area contributed by atoms with Gasteiger partial charge in [0.1, 0.15) is 0 Å². The van der Waals surface area contributed by atoms with Crippen molar-refractivity contribution in [2.24, 2.45) is 0 Å². The third kappa shape index (κ3) is 15.9. The van der Waals surface area contributed by atoms with Gasteiger partial charge in [-0.25, -0.2) is 0 Å². The highest BCUT2D eigenvalue weighted by atomic mass is 16.5. The first-order chi connectivity index (χ1) is 8.41. The van der Waals surface area contributed by atoms with E-state index in [2.05, 4.69) is 19.2 Å². The zero-order chi connectivity index (χ0) is 12.6. The third-order valence-electron chi connectivity index (χ3n) is 3.05. The van der Waals surface area contributed by atoms with Crippen molar-refractivity contribution in [3.63, 3.8) is 0 Å². The summed E-state index contributed by atoms with van der Waals surface area (Å²) < 4.78 is 5.43. The summed E-state index contributed by atoms with van der Waals surface area (Å²) in [5.74, 6) is 0. The highest BCUT2D eigenvalue weighted by Gasteiger charge is 1.92. The molecule has 0 saturated heterocycles. The third-order valence-corrected chi connectivity index (χ3v) is 3.05. The van der Waals surface area contributed by atoms with Crippen molar-refractivity contribution in [1.29, 1.82) is 0 Å². The second kappa shape index (κ2) is 15.9. The molecule has 0 aromatic heterocycles. The van der Waals surface area contributed by atoms with Crippen LogP contribution >= 0.6 is 0 Å². The van der Waals surface area contributed by atoms with Crippen LogP contribution in [-0.2, 0) is 4.74 Å². The largest absolute Gasteiger partial charge is 0.366 e. The van der Waals surface area contributed by atoms with Crippen molar-refractivity contribution < 1.29 is 4.74 Å². The minimum absolute atomic E-state index is 0.733. The molecule has 0 radical (unpaired) electrons. The van der Waals surface area contributed by atoms with Crippen LogP contribution < -0.4 is 5.32 Å². The number of unbranched alkanes of at least 4 members (excludes halogenated alkanes) is 8. The van der Waals surface area contributed by atoms with Gasteiger partial charge in [-0.15, -0.1) is 0 Å². The Kier molecular flexibility index (Phi) is 15.8. The average Bonchev–Trinajstić information content (AvgIpc) is 2.35. The van der Waals surface area contributed by atoms with Crippen molar-refractivity contribution in [3.8, 4) is 0 Å². The molecule has 0 rings (SSSR count). The smallest absolute Gasteiger partial charge is 0.0965 e. The lowest BCUT2D eigenvalue weighted by molar-refractivity contribution is 0.114. The van der Waals surface area contributed by atoms with Gasteiger partial charge in [-0.05, 0) is 19.4 Å². The van der Waals surface area contributed by atoms with Crippen LogP contribution in [0.2, 0.25) is 0 Å². The van der Waals surface area contributed by atoms with Gasteiger partial charge in [-0.2, -0.15) is 0 Å². The van der Waals surface area contributed by atoms with Gasteiger partial charge in [0, 0.05) is 6.61 Å². The summed E-state index contributed by atoms with van der Waals surface area (Å²) in [6.45, 7) is 7.21. The molecule has 104 valence electrons. The van der Waals surface area contributed by atoms with Gasteiger partial charge in [-0.3, -0.25) is 5.32 Å². The van der Waals surface area contributed by atoms with Gasteiger partial charge in [0.15, 0.2) is 0 Å². The van der Waals surface area contributed by atoms with E-state index >= 15 is 0 Å². The van der Waals surface area contributed by atoms with Crippen LogP contribution in [0.15, 0.2) is 0 Å². The molecule has 2 nitrogen and oxygen atoms in total. The minimum atomic E-state index is 0.733. The van der Waals surface area contributed by atoms with Crippen LogP contribution in [0.5, 0.6) is 0 Å². The molecular weight excluding hydrogens is 210 g/mol. The second-order valence-electron chi connectivity index (χ2n) is 4.88. The molecule has 0 amide bonds. The summed E-state index contributed by atoms with van der Waals surface area (Å²) in [7, 11) is 0. The van der Waals surface area contributed by atoms with E-state index in [9.17, 15) is 0 Å². The van der Waals surface area contributed by atoms with Crippen LogP contribution in [0.1, 0.15) is 78.1 Å². The summed E-state index contributed by atoms with van der Waals surface area (Å²) in [6.07, 6.45) is 13.5. The topological polar surface area (TPSA) is 21.3 Å². The van der Waals surface area contributed by atoms with Crippen LogP contribution in [-0.4, -0.2) is 19.9 Å². The van der Waals surface area contributed by atoms with Crippen LogP contribution in [0.3, 0.4) is 0 Å². The Bertz CT molecular complexity index is 114. The van der Waals surface area contributed by atoms with E-state index < -0.39 is 0 Å². The van der Waals surface area contributed by atoms with Crippen LogP contribution in [0.4, 0.5) is 0 Å². The number of ether oxygens (including phenoxy) is 1. The highest BCUT2D eigenvalue weighted by molar-refractivity contribution is 4.48. The molecule has 0 aliphatic heterocycles. The van der Waals surface area contributed by atoms with E-state index in [1.165, 1.54) is 64.2 Å². The molecule has 0 aliphatic rings. The Balaban J connectivity index is 2.85. The van der Waals surface area contributed by atoms with E-state index in [-0.39, 0.29) is 0 Å². The van der Waals surface area contributed by atoms with Crippen LogP contribution in [0.25, 0.3) is 0 Å². The van der Waals surface area contributed by atoms with Gasteiger partial charge in [0.2, 0.25) is 0 Å².